The number of carbonyl (C=O) groups excluding carboxylic acids is 2. The van der Waals surface area contributed by atoms with Gasteiger partial charge in [-0.3, -0.25) is 10.1 Å². The number of nitrogens with one attached hydrogen (secondary N) is 1. The van der Waals surface area contributed by atoms with Crippen molar-refractivity contribution in [1.82, 2.24) is 10.2 Å². The first kappa shape index (κ1) is 6.22. The van der Waals surface area contributed by atoms with Crippen molar-refractivity contribution in [3.05, 3.63) is 0 Å². The average molecular weight is 128 g/mol. The number of aldehydes is 1. The van der Waals surface area contributed by atoms with Crippen LogP contribution in [0.25, 0.3) is 0 Å². The van der Waals surface area contributed by atoms with E-state index in [-0.39, 0.29) is 12.5 Å². The maximum absolute atomic E-state index is 10.7. The zero-order valence-corrected chi connectivity index (χ0v) is 4.96. The van der Waals surface area contributed by atoms with Crippen LogP contribution in [0.1, 0.15) is 0 Å². The summed E-state index contributed by atoms with van der Waals surface area (Å²) in [5, 5.41) is 2.82. The summed E-state index contributed by atoms with van der Waals surface area (Å²) in [6.07, 6.45) is 0.727. The van der Waals surface area contributed by atoms with Gasteiger partial charge in [0.25, 0.3) is 0 Å². The van der Waals surface area contributed by atoms with Gasteiger partial charge in [0.1, 0.15) is 6.29 Å². The first-order valence-electron chi connectivity index (χ1n) is 2.76. The van der Waals surface area contributed by atoms with Crippen LogP contribution in [0, 0.1) is 0 Å². The predicted molar refractivity (Wildman–Crippen MR) is 30.6 cm³/mol. The molecule has 0 aliphatic carbocycles. The van der Waals surface area contributed by atoms with E-state index in [0.717, 1.165) is 6.29 Å². The Morgan fingerprint density at radius 1 is 1.78 bits per heavy atom. The van der Waals surface area contributed by atoms with Crippen molar-refractivity contribution in [2.75, 3.05) is 19.8 Å². The lowest BCUT2D eigenvalue weighted by molar-refractivity contribution is -0.128. The van der Waals surface area contributed by atoms with Crippen LogP contribution in [0.5, 0.6) is 0 Å². The third-order valence-electron chi connectivity index (χ3n) is 1.23. The van der Waals surface area contributed by atoms with E-state index in [1.807, 2.05) is 0 Å². The first-order valence-corrected chi connectivity index (χ1v) is 2.76. The molecule has 1 aliphatic rings. The van der Waals surface area contributed by atoms with Crippen molar-refractivity contribution in [3.63, 3.8) is 0 Å². The molecule has 4 nitrogen and oxygen atoms in total. The number of hydrogen-bond donors (Lipinski definition) is 1. The van der Waals surface area contributed by atoms with Gasteiger partial charge in [-0.25, -0.2) is 0 Å². The lowest BCUT2D eigenvalue weighted by Gasteiger charge is -2.07. The largest absolute Gasteiger partial charge is 0.322 e. The van der Waals surface area contributed by atoms with Gasteiger partial charge in [0.05, 0.1) is 19.8 Å². The normalized spacial score (nSPS) is 18.7. The van der Waals surface area contributed by atoms with E-state index >= 15 is 0 Å². The van der Waals surface area contributed by atoms with Crippen molar-refractivity contribution in [1.29, 1.82) is 0 Å². The molecule has 0 bridgehead atoms. The Balaban J connectivity index is 2.39. The van der Waals surface area contributed by atoms with Gasteiger partial charge >= 0.3 is 0 Å². The highest BCUT2D eigenvalue weighted by Gasteiger charge is 2.17. The van der Waals surface area contributed by atoms with Crippen molar-refractivity contribution in [3.8, 4) is 0 Å². The van der Waals surface area contributed by atoms with Crippen LogP contribution in [0.15, 0.2) is 0 Å². The highest BCUT2D eigenvalue weighted by atomic mass is 16.2. The van der Waals surface area contributed by atoms with E-state index in [9.17, 15) is 9.59 Å². The summed E-state index contributed by atoms with van der Waals surface area (Å²) in [5.41, 5.74) is 0. The highest BCUT2D eigenvalue weighted by Crippen LogP contribution is 1.90. The molecule has 1 fully saturated rings. The van der Waals surface area contributed by atoms with Gasteiger partial charge in [-0.2, -0.15) is 0 Å². The number of carbonyl (C=O) groups is 2. The minimum absolute atomic E-state index is 0.00194. The van der Waals surface area contributed by atoms with Gasteiger partial charge in [0.15, 0.2) is 0 Å². The van der Waals surface area contributed by atoms with E-state index in [2.05, 4.69) is 5.32 Å². The molecule has 1 amide bonds. The molecule has 1 saturated heterocycles. The molecule has 1 heterocycles. The summed E-state index contributed by atoms with van der Waals surface area (Å²) < 4.78 is 0. The summed E-state index contributed by atoms with van der Waals surface area (Å²) >= 11 is 0. The zero-order valence-electron chi connectivity index (χ0n) is 4.96. The van der Waals surface area contributed by atoms with Crippen molar-refractivity contribution in [2.24, 2.45) is 0 Å². The minimum atomic E-state index is 0.00194. The topological polar surface area (TPSA) is 49.4 Å². The molecular weight excluding hydrogens is 120 g/mol. The standard InChI is InChI=1S/C5H8N2O2/c8-2-1-7-4-6-3-5(7)9/h2,6H,1,3-4H2. The molecule has 0 aromatic rings. The molecule has 4 heteroatoms. The molecule has 0 saturated carbocycles. The van der Waals surface area contributed by atoms with E-state index in [0.29, 0.717) is 13.2 Å². The third kappa shape index (κ3) is 1.26. The van der Waals surface area contributed by atoms with Gasteiger partial charge in [-0.15, -0.1) is 0 Å². The minimum Gasteiger partial charge on any atom is -0.322 e. The Labute approximate surface area is 52.8 Å². The maximum atomic E-state index is 10.7. The quantitative estimate of drug-likeness (QED) is 0.464. The Hall–Kier alpha value is -0.900. The van der Waals surface area contributed by atoms with Gasteiger partial charge in [0, 0.05) is 0 Å². The second-order valence-corrected chi connectivity index (χ2v) is 1.87. The summed E-state index contributed by atoms with van der Waals surface area (Å²) in [6.45, 7) is 1.09. The zero-order chi connectivity index (χ0) is 6.69. The first-order chi connectivity index (χ1) is 4.34. The van der Waals surface area contributed by atoms with Gasteiger partial charge in [0.2, 0.25) is 5.91 Å². The summed E-state index contributed by atoms with van der Waals surface area (Å²) in [5.74, 6) is 0.00194. The maximum Gasteiger partial charge on any atom is 0.238 e. The third-order valence-corrected chi connectivity index (χ3v) is 1.23. The number of rotatable bonds is 2. The van der Waals surface area contributed by atoms with E-state index in [4.69, 9.17) is 0 Å². The van der Waals surface area contributed by atoms with Crippen LogP contribution in [0.2, 0.25) is 0 Å². The van der Waals surface area contributed by atoms with Crippen LogP contribution in [0.4, 0.5) is 0 Å². The lowest BCUT2D eigenvalue weighted by atomic mass is 10.5. The number of hydrogen-bond acceptors (Lipinski definition) is 3. The van der Waals surface area contributed by atoms with Crippen LogP contribution in [-0.4, -0.2) is 36.9 Å². The van der Waals surface area contributed by atoms with Crippen LogP contribution in [0.3, 0.4) is 0 Å². The van der Waals surface area contributed by atoms with Crippen LogP contribution >= 0.6 is 0 Å². The highest BCUT2D eigenvalue weighted by molar-refractivity contribution is 5.81. The fraction of sp³-hybridized carbons (Fsp3) is 0.600. The SMILES string of the molecule is O=CCN1CNCC1=O. The monoisotopic (exact) mass is 128 g/mol. The van der Waals surface area contributed by atoms with E-state index in [1.54, 1.807) is 0 Å². The number of nitrogens with zero attached hydrogens (tertiary/aromatic N) is 1. The average Bonchev–Trinajstić information content (AvgIpc) is 2.18. The molecular formula is C5H8N2O2. The molecule has 0 radical (unpaired) electrons. The second kappa shape index (κ2) is 2.59. The fourth-order valence-corrected chi connectivity index (χ4v) is 0.754. The Morgan fingerprint density at radius 2 is 2.56 bits per heavy atom. The molecule has 0 spiro atoms. The van der Waals surface area contributed by atoms with Crippen molar-refractivity contribution >= 4 is 12.2 Å². The van der Waals surface area contributed by atoms with Crippen LogP contribution < -0.4 is 5.32 Å². The molecule has 0 aromatic heterocycles. The van der Waals surface area contributed by atoms with Crippen molar-refractivity contribution in [2.45, 2.75) is 0 Å². The second-order valence-electron chi connectivity index (χ2n) is 1.87. The van der Waals surface area contributed by atoms with Gasteiger partial charge in [-0.1, -0.05) is 0 Å². The smallest absolute Gasteiger partial charge is 0.238 e. The molecule has 0 aromatic carbocycles. The Bertz CT molecular complexity index is 135. The van der Waals surface area contributed by atoms with E-state index < -0.39 is 0 Å². The summed E-state index contributed by atoms with van der Waals surface area (Å²) in [6, 6.07) is 0. The lowest BCUT2D eigenvalue weighted by Crippen LogP contribution is -2.27. The van der Waals surface area contributed by atoms with Crippen molar-refractivity contribution < 1.29 is 9.59 Å². The van der Waals surface area contributed by atoms with Crippen LogP contribution in [-0.2, 0) is 9.59 Å². The molecule has 1 aliphatic heterocycles. The Morgan fingerprint density at radius 3 is 3.00 bits per heavy atom. The predicted octanol–water partition coefficient (Wildman–Crippen LogP) is -1.43. The summed E-state index contributed by atoms with van der Waals surface area (Å²) in [7, 11) is 0. The summed E-state index contributed by atoms with van der Waals surface area (Å²) in [4.78, 5) is 22.0. The molecule has 0 atom stereocenters. The molecule has 0 unspecified atom stereocenters. The Kier molecular flexibility index (Phi) is 1.79. The molecule has 50 valence electrons. The fourth-order valence-electron chi connectivity index (χ4n) is 0.754. The molecule has 1 N–H and O–H groups in total. The van der Waals surface area contributed by atoms with E-state index in [1.165, 1.54) is 4.90 Å². The van der Waals surface area contributed by atoms with Gasteiger partial charge < -0.3 is 9.69 Å². The number of amides is 1. The molecule has 1 rings (SSSR count). The van der Waals surface area contributed by atoms with Gasteiger partial charge in [-0.05, 0) is 0 Å². The molecule has 9 heavy (non-hydrogen) atoms.